The minimum absolute atomic E-state index is 0.196. The fraction of sp³-hybridized carbons (Fsp3) is 0.474. The van der Waals surface area contributed by atoms with Crippen molar-refractivity contribution >= 4 is 11.7 Å². The van der Waals surface area contributed by atoms with Crippen molar-refractivity contribution in [2.75, 3.05) is 11.9 Å². The number of aromatic nitrogens is 2. The largest absolute Gasteiger partial charge is 0.435 e. The molecular formula is C19H23F3N4O. The lowest BCUT2D eigenvalue weighted by Gasteiger charge is -2.15. The number of anilines is 1. The first-order valence-corrected chi connectivity index (χ1v) is 9.03. The van der Waals surface area contributed by atoms with Crippen LogP contribution in [0.25, 0.3) is 0 Å². The number of hydrogen-bond donors (Lipinski definition) is 2. The van der Waals surface area contributed by atoms with E-state index in [2.05, 4.69) is 15.7 Å². The van der Waals surface area contributed by atoms with Gasteiger partial charge in [0.05, 0.1) is 6.54 Å². The molecule has 8 heteroatoms. The Morgan fingerprint density at radius 1 is 1.15 bits per heavy atom. The number of hydrogen-bond acceptors (Lipinski definition) is 2. The van der Waals surface area contributed by atoms with Gasteiger partial charge in [-0.3, -0.25) is 4.68 Å². The number of carbonyl (C=O) groups excluding carboxylic acids is 1. The maximum absolute atomic E-state index is 13.2. The average molecular weight is 380 g/mol. The Morgan fingerprint density at radius 3 is 2.48 bits per heavy atom. The van der Waals surface area contributed by atoms with Gasteiger partial charge in [-0.25, -0.2) is 4.79 Å². The van der Waals surface area contributed by atoms with Gasteiger partial charge in [-0.05, 0) is 62.8 Å². The minimum Gasteiger partial charge on any atom is -0.336 e. The van der Waals surface area contributed by atoms with Crippen LogP contribution in [0, 0.1) is 13.8 Å². The molecule has 0 aliphatic heterocycles. The van der Waals surface area contributed by atoms with Crippen LogP contribution in [0.15, 0.2) is 18.2 Å². The van der Waals surface area contributed by atoms with Gasteiger partial charge in [-0.15, -0.1) is 0 Å². The molecule has 1 aromatic heterocycles. The number of nitrogens with one attached hydrogen (secondary N) is 2. The molecule has 2 amide bonds. The zero-order chi connectivity index (χ0) is 19.6. The highest BCUT2D eigenvalue weighted by atomic mass is 19.4. The molecule has 3 rings (SSSR count). The third-order valence-electron chi connectivity index (χ3n) is 4.61. The minimum atomic E-state index is -4.44. The molecule has 0 atom stereocenters. The van der Waals surface area contributed by atoms with Crippen LogP contribution in [-0.4, -0.2) is 22.4 Å². The summed E-state index contributed by atoms with van der Waals surface area (Å²) in [7, 11) is 0. The Bertz CT molecular complexity index is 822. The molecule has 1 heterocycles. The fourth-order valence-electron chi connectivity index (χ4n) is 3.58. The molecule has 1 aliphatic carbocycles. The molecule has 0 bridgehead atoms. The first-order valence-electron chi connectivity index (χ1n) is 9.03. The number of nitrogens with zero attached hydrogens (tertiary/aromatic N) is 2. The molecule has 146 valence electrons. The van der Waals surface area contributed by atoms with Crippen molar-refractivity contribution in [2.24, 2.45) is 0 Å². The predicted molar refractivity (Wildman–Crippen MR) is 96.8 cm³/mol. The van der Waals surface area contributed by atoms with Gasteiger partial charge < -0.3 is 10.6 Å². The lowest BCUT2D eigenvalue weighted by molar-refractivity contribution is -0.142. The molecular weight excluding hydrogens is 357 g/mol. The molecule has 0 saturated heterocycles. The lowest BCUT2D eigenvalue weighted by Crippen LogP contribution is -2.32. The zero-order valence-corrected chi connectivity index (χ0v) is 15.4. The van der Waals surface area contributed by atoms with Gasteiger partial charge in [-0.2, -0.15) is 18.3 Å². The van der Waals surface area contributed by atoms with Gasteiger partial charge in [0.25, 0.3) is 0 Å². The van der Waals surface area contributed by atoms with Gasteiger partial charge in [0.1, 0.15) is 0 Å². The quantitative estimate of drug-likeness (QED) is 0.834. The monoisotopic (exact) mass is 380 g/mol. The van der Waals surface area contributed by atoms with Crippen LogP contribution in [0.1, 0.15) is 40.9 Å². The SMILES string of the molecule is Cc1cc(C)cc(NC(=O)NCCn2nc(C(F)(F)F)c3c2CCCC3)c1. The van der Waals surface area contributed by atoms with E-state index in [1.165, 1.54) is 4.68 Å². The van der Waals surface area contributed by atoms with Crippen LogP contribution in [0.2, 0.25) is 0 Å². The van der Waals surface area contributed by atoms with E-state index in [1.54, 1.807) is 0 Å². The number of carbonyl (C=O) groups is 1. The van der Waals surface area contributed by atoms with Crippen molar-refractivity contribution in [3.05, 3.63) is 46.3 Å². The van der Waals surface area contributed by atoms with Gasteiger partial charge >= 0.3 is 12.2 Å². The summed E-state index contributed by atoms with van der Waals surface area (Å²) < 4.78 is 41.0. The van der Waals surface area contributed by atoms with Gasteiger partial charge in [-0.1, -0.05) is 6.07 Å². The van der Waals surface area contributed by atoms with E-state index in [0.717, 1.165) is 24.0 Å². The summed E-state index contributed by atoms with van der Waals surface area (Å²) in [6.07, 6.45) is -1.84. The summed E-state index contributed by atoms with van der Waals surface area (Å²) in [4.78, 5) is 12.0. The highest BCUT2D eigenvalue weighted by Crippen LogP contribution is 2.35. The summed E-state index contributed by atoms with van der Waals surface area (Å²) in [6, 6.07) is 5.32. The topological polar surface area (TPSA) is 59.0 Å². The van der Waals surface area contributed by atoms with E-state index in [0.29, 0.717) is 29.8 Å². The molecule has 0 fully saturated rings. The molecule has 2 aromatic rings. The van der Waals surface area contributed by atoms with Crippen molar-refractivity contribution in [1.82, 2.24) is 15.1 Å². The summed E-state index contributed by atoms with van der Waals surface area (Å²) >= 11 is 0. The zero-order valence-electron chi connectivity index (χ0n) is 15.4. The number of rotatable bonds is 4. The maximum Gasteiger partial charge on any atom is 0.435 e. The van der Waals surface area contributed by atoms with Crippen LogP contribution in [-0.2, 0) is 25.6 Å². The van der Waals surface area contributed by atoms with Gasteiger partial charge in [0.2, 0.25) is 0 Å². The van der Waals surface area contributed by atoms with Crippen LogP contribution in [0.4, 0.5) is 23.7 Å². The average Bonchev–Trinajstić information content (AvgIpc) is 2.93. The Labute approximate surface area is 155 Å². The predicted octanol–water partition coefficient (Wildman–Crippen LogP) is 4.22. The second-order valence-electron chi connectivity index (χ2n) is 6.96. The van der Waals surface area contributed by atoms with E-state index < -0.39 is 17.9 Å². The fourth-order valence-corrected chi connectivity index (χ4v) is 3.58. The number of urea groups is 1. The number of halogens is 3. The second-order valence-corrected chi connectivity index (χ2v) is 6.96. The molecule has 1 aliphatic rings. The Kier molecular flexibility index (Phi) is 5.43. The number of amides is 2. The molecule has 0 unspecified atom stereocenters. The molecule has 2 N–H and O–H groups in total. The number of aryl methyl sites for hydroxylation is 2. The molecule has 1 aromatic carbocycles. The highest BCUT2D eigenvalue weighted by Gasteiger charge is 2.39. The summed E-state index contributed by atoms with van der Waals surface area (Å²) in [5.74, 6) is 0. The van der Waals surface area contributed by atoms with Crippen molar-refractivity contribution in [1.29, 1.82) is 0 Å². The number of benzene rings is 1. The van der Waals surface area contributed by atoms with Crippen molar-refractivity contribution in [2.45, 2.75) is 52.3 Å². The van der Waals surface area contributed by atoms with E-state index in [9.17, 15) is 18.0 Å². The molecule has 5 nitrogen and oxygen atoms in total. The first-order chi connectivity index (χ1) is 12.7. The van der Waals surface area contributed by atoms with Crippen LogP contribution < -0.4 is 10.6 Å². The smallest absolute Gasteiger partial charge is 0.336 e. The lowest BCUT2D eigenvalue weighted by atomic mass is 9.95. The second kappa shape index (κ2) is 7.62. The maximum atomic E-state index is 13.2. The number of alkyl halides is 3. The van der Waals surface area contributed by atoms with Crippen LogP contribution >= 0.6 is 0 Å². The molecule has 0 spiro atoms. The van der Waals surface area contributed by atoms with E-state index in [4.69, 9.17) is 0 Å². The third-order valence-corrected chi connectivity index (χ3v) is 4.61. The van der Waals surface area contributed by atoms with Crippen molar-refractivity contribution < 1.29 is 18.0 Å². The Balaban J connectivity index is 1.62. The number of fused-ring (bicyclic) bond motifs is 1. The van der Waals surface area contributed by atoms with Gasteiger partial charge in [0.15, 0.2) is 5.69 Å². The molecule has 27 heavy (non-hydrogen) atoms. The van der Waals surface area contributed by atoms with Crippen LogP contribution in [0.5, 0.6) is 0 Å². The molecule has 0 saturated carbocycles. The summed E-state index contributed by atoms with van der Waals surface area (Å²) in [6.45, 7) is 4.28. The first kappa shape index (κ1) is 19.3. The summed E-state index contributed by atoms with van der Waals surface area (Å²) in [5, 5.41) is 9.21. The van der Waals surface area contributed by atoms with E-state index in [-0.39, 0.29) is 13.1 Å². The van der Waals surface area contributed by atoms with Crippen molar-refractivity contribution in [3.8, 4) is 0 Å². The summed E-state index contributed by atoms with van der Waals surface area (Å²) in [5.41, 5.74) is 2.93. The standard InChI is InChI=1S/C19H23F3N4O/c1-12-9-13(2)11-14(10-12)24-18(27)23-7-8-26-16-6-4-3-5-15(16)17(25-26)19(20,21)22/h9-11H,3-8H2,1-2H3,(H2,23,24,27). The van der Waals surface area contributed by atoms with E-state index in [1.807, 2.05) is 32.0 Å². The van der Waals surface area contributed by atoms with E-state index >= 15 is 0 Å². The third kappa shape index (κ3) is 4.61. The van der Waals surface area contributed by atoms with Gasteiger partial charge in [0, 0.05) is 23.5 Å². The molecule has 0 radical (unpaired) electrons. The van der Waals surface area contributed by atoms with Crippen LogP contribution in [0.3, 0.4) is 0 Å². The normalized spacial score (nSPS) is 14.0. The Morgan fingerprint density at radius 2 is 1.81 bits per heavy atom. The van der Waals surface area contributed by atoms with Crippen molar-refractivity contribution in [3.63, 3.8) is 0 Å². The Hall–Kier alpha value is -2.51. The highest BCUT2D eigenvalue weighted by molar-refractivity contribution is 5.89.